The number of ether oxygens (including phenoxy) is 1. The fraction of sp³-hybridized carbons (Fsp3) is 0.632. The summed E-state index contributed by atoms with van der Waals surface area (Å²) in [7, 11) is -2.39. The molecule has 0 aromatic heterocycles. The van der Waals surface area contributed by atoms with Crippen molar-refractivity contribution in [2.75, 3.05) is 13.7 Å². The van der Waals surface area contributed by atoms with Crippen molar-refractivity contribution in [3.63, 3.8) is 0 Å². The van der Waals surface area contributed by atoms with Crippen molar-refractivity contribution in [1.29, 1.82) is 0 Å². The number of carbonyl (C=O) groups is 1. The van der Waals surface area contributed by atoms with E-state index in [1.807, 2.05) is 26.8 Å². The molecule has 1 N–H and O–H groups in total. The van der Waals surface area contributed by atoms with Crippen LogP contribution in [0.3, 0.4) is 0 Å². The molecule has 6 nitrogen and oxygen atoms in total. The number of benzene rings is 1. The SMILES string of the molecule is COc1ccc(C)cc1S(=O)(=O)N(CC(=O)NC(C)C)C1CCCCC1. The van der Waals surface area contributed by atoms with Crippen molar-refractivity contribution < 1.29 is 17.9 Å². The molecule has 0 radical (unpaired) electrons. The fourth-order valence-corrected chi connectivity index (χ4v) is 5.28. The quantitative estimate of drug-likeness (QED) is 0.787. The van der Waals surface area contributed by atoms with Crippen molar-refractivity contribution >= 4 is 15.9 Å². The maximum atomic E-state index is 13.5. The lowest BCUT2D eigenvalue weighted by Crippen LogP contribution is -2.48. The molecule has 1 aliphatic rings. The Bertz CT molecular complexity index is 725. The lowest BCUT2D eigenvalue weighted by Gasteiger charge is -2.33. The van der Waals surface area contributed by atoms with Gasteiger partial charge in [0.1, 0.15) is 10.6 Å². The average molecular weight is 383 g/mol. The molecule has 0 spiro atoms. The first-order valence-corrected chi connectivity index (χ1v) is 10.7. The molecule has 0 heterocycles. The predicted molar refractivity (Wildman–Crippen MR) is 102 cm³/mol. The van der Waals surface area contributed by atoms with Crippen molar-refractivity contribution in [1.82, 2.24) is 9.62 Å². The van der Waals surface area contributed by atoms with Gasteiger partial charge in [0.05, 0.1) is 13.7 Å². The van der Waals surface area contributed by atoms with Crippen LogP contribution in [0.15, 0.2) is 23.1 Å². The second-order valence-corrected chi connectivity index (χ2v) is 9.08. The number of sulfonamides is 1. The molecule has 7 heteroatoms. The first-order chi connectivity index (χ1) is 12.3. The van der Waals surface area contributed by atoms with Crippen LogP contribution < -0.4 is 10.1 Å². The van der Waals surface area contributed by atoms with E-state index in [9.17, 15) is 13.2 Å². The summed E-state index contributed by atoms with van der Waals surface area (Å²) in [5.74, 6) is 0.0291. The molecule has 1 saturated carbocycles. The molecule has 1 amide bonds. The van der Waals surface area contributed by atoms with Crippen LogP contribution in [-0.2, 0) is 14.8 Å². The minimum absolute atomic E-state index is 0.0353. The number of nitrogens with zero attached hydrogens (tertiary/aromatic N) is 1. The maximum absolute atomic E-state index is 13.5. The van der Waals surface area contributed by atoms with Crippen molar-refractivity contribution in [2.45, 2.75) is 69.9 Å². The predicted octanol–water partition coefficient (Wildman–Crippen LogP) is 2.85. The molecule has 1 aromatic rings. The van der Waals surface area contributed by atoms with Gasteiger partial charge in [-0.3, -0.25) is 4.79 Å². The van der Waals surface area contributed by atoms with E-state index < -0.39 is 10.0 Å². The van der Waals surface area contributed by atoms with E-state index in [1.54, 1.807) is 12.1 Å². The van der Waals surface area contributed by atoms with Gasteiger partial charge in [-0.25, -0.2) is 8.42 Å². The molecule has 146 valence electrons. The Kier molecular flexibility index (Phi) is 7.06. The summed E-state index contributed by atoms with van der Waals surface area (Å²) < 4.78 is 33.6. The standard InChI is InChI=1S/C19H30N2O4S/c1-14(2)20-19(22)13-21(16-8-6-5-7-9-16)26(23,24)18-12-15(3)10-11-17(18)25-4/h10-12,14,16H,5-9,13H2,1-4H3,(H,20,22). The third kappa shape index (κ3) is 4.98. The highest BCUT2D eigenvalue weighted by molar-refractivity contribution is 7.89. The van der Waals surface area contributed by atoms with Gasteiger partial charge >= 0.3 is 0 Å². The zero-order valence-corrected chi connectivity index (χ0v) is 16.9. The third-order valence-corrected chi connectivity index (χ3v) is 6.56. The van der Waals surface area contributed by atoms with Crippen molar-refractivity contribution in [2.24, 2.45) is 0 Å². The topological polar surface area (TPSA) is 75.7 Å². The van der Waals surface area contributed by atoms with Gasteiger partial charge in [-0.1, -0.05) is 25.3 Å². The molecule has 0 unspecified atom stereocenters. The van der Waals surface area contributed by atoms with Crippen LogP contribution in [-0.4, -0.2) is 44.4 Å². The Balaban J connectivity index is 2.42. The Hall–Kier alpha value is -1.60. The highest BCUT2D eigenvalue weighted by atomic mass is 32.2. The van der Waals surface area contributed by atoms with Gasteiger partial charge in [0, 0.05) is 12.1 Å². The molecular weight excluding hydrogens is 352 g/mol. The summed E-state index contributed by atoms with van der Waals surface area (Å²) in [6, 6.07) is 4.90. The van der Waals surface area contributed by atoms with Gasteiger partial charge < -0.3 is 10.1 Å². The zero-order valence-electron chi connectivity index (χ0n) is 16.1. The minimum Gasteiger partial charge on any atom is -0.495 e. The van der Waals surface area contributed by atoms with Crippen LogP contribution in [0, 0.1) is 6.92 Å². The lowest BCUT2D eigenvalue weighted by atomic mass is 9.95. The van der Waals surface area contributed by atoms with Crippen LogP contribution in [0.2, 0.25) is 0 Å². The highest BCUT2D eigenvalue weighted by Gasteiger charge is 2.35. The van der Waals surface area contributed by atoms with Crippen LogP contribution in [0.25, 0.3) is 0 Å². The number of rotatable bonds is 7. The molecule has 1 aromatic carbocycles. The summed E-state index contributed by atoms with van der Waals surface area (Å²) in [6.45, 7) is 5.40. The number of nitrogens with one attached hydrogen (secondary N) is 1. The molecule has 0 bridgehead atoms. The summed E-state index contributed by atoms with van der Waals surface area (Å²) in [4.78, 5) is 12.5. The molecule has 0 atom stereocenters. The number of carbonyl (C=O) groups excluding carboxylic acids is 1. The number of aryl methyl sites for hydroxylation is 1. The Morgan fingerprint density at radius 3 is 2.50 bits per heavy atom. The van der Waals surface area contributed by atoms with E-state index >= 15 is 0 Å². The van der Waals surface area contributed by atoms with Crippen LogP contribution in [0.1, 0.15) is 51.5 Å². The molecular formula is C19H30N2O4S. The molecule has 0 aliphatic heterocycles. The zero-order chi connectivity index (χ0) is 19.3. The number of methoxy groups -OCH3 is 1. The van der Waals surface area contributed by atoms with E-state index in [0.717, 1.165) is 37.7 Å². The van der Waals surface area contributed by atoms with Crippen molar-refractivity contribution in [3.8, 4) is 5.75 Å². The summed E-state index contributed by atoms with van der Waals surface area (Å²) in [5.41, 5.74) is 0.833. The first-order valence-electron chi connectivity index (χ1n) is 9.21. The van der Waals surface area contributed by atoms with Gasteiger partial charge in [-0.2, -0.15) is 4.31 Å². The molecule has 2 rings (SSSR count). The first kappa shape index (κ1) is 20.7. The third-order valence-electron chi connectivity index (χ3n) is 4.64. The Morgan fingerprint density at radius 2 is 1.92 bits per heavy atom. The summed E-state index contributed by atoms with van der Waals surface area (Å²) in [5, 5.41) is 2.80. The molecule has 1 aliphatic carbocycles. The summed E-state index contributed by atoms with van der Waals surface area (Å²) in [6.07, 6.45) is 4.63. The van der Waals surface area contributed by atoms with Gasteiger partial charge in [0.25, 0.3) is 0 Å². The van der Waals surface area contributed by atoms with Gasteiger partial charge in [-0.15, -0.1) is 0 Å². The van der Waals surface area contributed by atoms with Crippen molar-refractivity contribution in [3.05, 3.63) is 23.8 Å². The van der Waals surface area contributed by atoms with Gasteiger partial charge in [-0.05, 0) is 51.3 Å². The van der Waals surface area contributed by atoms with E-state index in [2.05, 4.69) is 5.32 Å². The number of hydrogen-bond donors (Lipinski definition) is 1. The summed E-state index contributed by atoms with van der Waals surface area (Å²) >= 11 is 0. The normalized spacial score (nSPS) is 16.1. The highest BCUT2D eigenvalue weighted by Crippen LogP contribution is 2.32. The number of hydrogen-bond acceptors (Lipinski definition) is 4. The fourth-order valence-electron chi connectivity index (χ4n) is 3.40. The van der Waals surface area contributed by atoms with Gasteiger partial charge in [0.2, 0.25) is 15.9 Å². The van der Waals surface area contributed by atoms with E-state index in [0.29, 0.717) is 5.75 Å². The van der Waals surface area contributed by atoms with E-state index in [-0.39, 0.29) is 29.4 Å². The minimum atomic E-state index is -3.85. The molecule has 1 fully saturated rings. The maximum Gasteiger partial charge on any atom is 0.247 e. The van der Waals surface area contributed by atoms with Crippen LogP contribution >= 0.6 is 0 Å². The Morgan fingerprint density at radius 1 is 1.27 bits per heavy atom. The van der Waals surface area contributed by atoms with E-state index in [1.165, 1.54) is 11.4 Å². The van der Waals surface area contributed by atoms with Crippen LogP contribution in [0.4, 0.5) is 0 Å². The molecule has 0 saturated heterocycles. The average Bonchev–Trinajstić information content (AvgIpc) is 2.59. The van der Waals surface area contributed by atoms with Crippen LogP contribution in [0.5, 0.6) is 5.75 Å². The molecule has 26 heavy (non-hydrogen) atoms. The number of amides is 1. The monoisotopic (exact) mass is 382 g/mol. The smallest absolute Gasteiger partial charge is 0.247 e. The van der Waals surface area contributed by atoms with E-state index in [4.69, 9.17) is 4.74 Å². The largest absolute Gasteiger partial charge is 0.495 e. The van der Waals surface area contributed by atoms with Gasteiger partial charge in [0.15, 0.2) is 0 Å². The lowest BCUT2D eigenvalue weighted by molar-refractivity contribution is -0.122. The Labute approximate surface area is 157 Å². The second kappa shape index (κ2) is 8.86. The second-order valence-electron chi connectivity index (χ2n) is 7.22.